The number of pyridine rings is 1. The number of rotatable bonds is 5. The molecule has 0 fully saturated rings. The zero-order chi connectivity index (χ0) is 31.9. The van der Waals surface area contributed by atoms with Crippen molar-refractivity contribution in [2.75, 3.05) is 0 Å². The lowest BCUT2D eigenvalue weighted by Crippen LogP contribution is -2.01. The third-order valence-corrected chi connectivity index (χ3v) is 9.43. The average molecular weight is 614 g/mol. The van der Waals surface area contributed by atoms with E-state index in [1.54, 1.807) is 0 Å². The normalized spacial score (nSPS) is 13.1. The van der Waals surface area contributed by atoms with Crippen LogP contribution in [0.1, 0.15) is 24.1 Å². The Kier molecular flexibility index (Phi) is 6.94. The molecule has 0 N–H and O–H groups in total. The highest BCUT2D eigenvalue weighted by molar-refractivity contribution is 6.13. The Bertz CT molecular complexity index is 2540. The van der Waals surface area contributed by atoms with Gasteiger partial charge in [0.2, 0.25) is 0 Å². The number of hydrogen-bond acceptors (Lipinski definition) is 3. The van der Waals surface area contributed by atoms with Gasteiger partial charge in [0.1, 0.15) is 0 Å². The van der Waals surface area contributed by atoms with E-state index < -0.39 is 0 Å². The predicted molar refractivity (Wildman–Crippen MR) is 200 cm³/mol. The summed E-state index contributed by atoms with van der Waals surface area (Å²) < 4.78 is 0. The third-order valence-electron chi connectivity index (χ3n) is 9.43. The zero-order valence-electron chi connectivity index (χ0n) is 26.3. The van der Waals surface area contributed by atoms with Crippen LogP contribution in [0.4, 0.5) is 0 Å². The van der Waals surface area contributed by atoms with Crippen LogP contribution in [-0.2, 0) is 0 Å². The van der Waals surface area contributed by atoms with Gasteiger partial charge in [0, 0.05) is 23.5 Å². The fourth-order valence-electron chi connectivity index (χ4n) is 6.97. The molecule has 3 nitrogen and oxygen atoms in total. The molecule has 2 aromatic heterocycles. The summed E-state index contributed by atoms with van der Waals surface area (Å²) in [6, 6.07) is 49.6. The second kappa shape index (κ2) is 11.9. The number of aromatic nitrogens is 3. The highest BCUT2D eigenvalue weighted by atomic mass is 14.9. The number of benzene rings is 6. The van der Waals surface area contributed by atoms with E-state index >= 15 is 0 Å². The minimum absolute atomic E-state index is 0.728. The first-order valence-corrected chi connectivity index (χ1v) is 16.5. The maximum absolute atomic E-state index is 5.29. The topological polar surface area (TPSA) is 38.7 Å². The van der Waals surface area contributed by atoms with Crippen molar-refractivity contribution in [1.82, 2.24) is 15.0 Å². The molecule has 226 valence electrons. The first kappa shape index (κ1) is 28.1. The average Bonchev–Trinajstić information content (AvgIpc) is 3.17. The van der Waals surface area contributed by atoms with Crippen molar-refractivity contribution in [2.24, 2.45) is 0 Å². The molecule has 6 aromatic carbocycles. The molecule has 0 spiro atoms. The summed E-state index contributed by atoms with van der Waals surface area (Å²) in [6.07, 6.45) is 10.3. The summed E-state index contributed by atoms with van der Waals surface area (Å²) in [6.45, 7) is 0. The van der Waals surface area contributed by atoms with Gasteiger partial charge in [0.15, 0.2) is 5.82 Å². The molecule has 3 heteroatoms. The second-order valence-electron chi connectivity index (χ2n) is 12.4. The molecule has 0 atom stereocenters. The van der Waals surface area contributed by atoms with Crippen molar-refractivity contribution < 1.29 is 0 Å². The number of nitrogens with zero attached hydrogens (tertiary/aromatic N) is 3. The van der Waals surface area contributed by atoms with Gasteiger partial charge in [-0.05, 0) is 103 Å². The lowest BCUT2D eigenvalue weighted by molar-refractivity contribution is 1.05. The van der Waals surface area contributed by atoms with Gasteiger partial charge < -0.3 is 0 Å². The quantitative estimate of drug-likeness (QED) is 0.181. The highest BCUT2D eigenvalue weighted by Gasteiger charge is 2.17. The lowest BCUT2D eigenvalue weighted by Gasteiger charge is -2.16. The van der Waals surface area contributed by atoms with Gasteiger partial charge in [-0.3, -0.25) is 4.98 Å². The Labute approximate surface area is 279 Å². The molecule has 0 unspecified atom stereocenters. The molecule has 48 heavy (non-hydrogen) atoms. The standard InChI is InChI=1S/C45H31N3/c1-2-10-33-25-35(23-20-30(33)9-1)31-18-21-32(22-19-31)43-28-44(37-13-7-12-34(26-37)38-14-8-24-46-29-38)48-45(47-43)42-27-36-11-3-4-15-39(36)40-16-5-6-17-41(40)42/h1-6,8-11,13-29H,7,12H2. The van der Waals surface area contributed by atoms with Crippen molar-refractivity contribution in [3.63, 3.8) is 0 Å². The fourth-order valence-corrected chi connectivity index (χ4v) is 6.97. The van der Waals surface area contributed by atoms with E-state index in [-0.39, 0.29) is 0 Å². The number of fused-ring (bicyclic) bond motifs is 4. The lowest BCUT2D eigenvalue weighted by atomic mass is 9.92. The Hall–Kier alpha value is -6.19. The highest BCUT2D eigenvalue weighted by Crippen LogP contribution is 2.37. The van der Waals surface area contributed by atoms with Crippen LogP contribution in [-0.4, -0.2) is 15.0 Å². The molecule has 8 aromatic rings. The smallest absolute Gasteiger partial charge is 0.161 e. The summed E-state index contributed by atoms with van der Waals surface area (Å²) in [5.74, 6) is 0.728. The SMILES string of the molecule is C1=C(c2cccnc2)CCC=C1c1cc(-c2ccc(-c3ccc4ccccc4c3)cc2)nc(-c2cc3ccccc3c3ccccc23)n1. The molecular formula is C45H31N3. The summed E-state index contributed by atoms with van der Waals surface area (Å²) in [5, 5.41) is 7.25. The van der Waals surface area contributed by atoms with E-state index in [2.05, 4.69) is 151 Å². The van der Waals surface area contributed by atoms with Crippen LogP contribution in [0.2, 0.25) is 0 Å². The molecule has 2 heterocycles. The maximum Gasteiger partial charge on any atom is 0.161 e. The van der Waals surface area contributed by atoms with Crippen LogP contribution in [0.15, 0.2) is 164 Å². The van der Waals surface area contributed by atoms with E-state index in [4.69, 9.17) is 9.97 Å². The molecule has 0 amide bonds. The molecule has 0 bridgehead atoms. The molecule has 1 aliphatic rings. The largest absolute Gasteiger partial charge is 0.264 e. The minimum Gasteiger partial charge on any atom is -0.264 e. The van der Waals surface area contributed by atoms with Crippen molar-refractivity contribution in [2.45, 2.75) is 12.8 Å². The monoisotopic (exact) mass is 613 g/mol. The summed E-state index contributed by atoms with van der Waals surface area (Å²) in [5.41, 5.74) is 9.84. The van der Waals surface area contributed by atoms with Gasteiger partial charge >= 0.3 is 0 Å². The minimum atomic E-state index is 0.728. The summed E-state index contributed by atoms with van der Waals surface area (Å²) >= 11 is 0. The van der Waals surface area contributed by atoms with E-state index in [9.17, 15) is 0 Å². The van der Waals surface area contributed by atoms with Crippen LogP contribution in [0.25, 0.3) is 77.2 Å². The Morgan fingerprint density at radius 3 is 2.02 bits per heavy atom. The van der Waals surface area contributed by atoms with E-state index in [1.807, 2.05) is 18.5 Å². The first-order chi connectivity index (χ1) is 23.8. The van der Waals surface area contributed by atoms with E-state index in [0.29, 0.717) is 0 Å². The second-order valence-corrected chi connectivity index (χ2v) is 12.4. The van der Waals surface area contributed by atoms with E-state index in [1.165, 1.54) is 43.6 Å². The molecular weight excluding hydrogens is 583 g/mol. The van der Waals surface area contributed by atoms with E-state index in [0.717, 1.165) is 57.7 Å². The van der Waals surface area contributed by atoms with Gasteiger partial charge in [-0.25, -0.2) is 9.97 Å². The first-order valence-electron chi connectivity index (χ1n) is 16.5. The Morgan fingerprint density at radius 2 is 1.19 bits per heavy atom. The van der Waals surface area contributed by atoms with Crippen LogP contribution in [0, 0.1) is 0 Å². The van der Waals surface area contributed by atoms with Crippen LogP contribution >= 0.6 is 0 Å². The van der Waals surface area contributed by atoms with Crippen molar-refractivity contribution >= 4 is 43.5 Å². The Morgan fingerprint density at radius 1 is 0.479 bits per heavy atom. The molecule has 1 aliphatic carbocycles. The maximum atomic E-state index is 5.29. The summed E-state index contributed by atoms with van der Waals surface area (Å²) in [4.78, 5) is 14.9. The number of hydrogen-bond donors (Lipinski definition) is 0. The fraction of sp³-hybridized carbons (Fsp3) is 0.0444. The van der Waals surface area contributed by atoms with Crippen LogP contribution < -0.4 is 0 Å². The zero-order valence-corrected chi connectivity index (χ0v) is 26.3. The molecule has 9 rings (SSSR count). The van der Waals surface area contributed by atoms with Gasteiger partial charge in [-0.2, -0.15) is 0 Å². The van der Waals surface area contributed by atoms with Gasteiger partial charge in [0.25, 0.3) is 0 Å². The Balaban J connectivity index is 1.20. The molecule has 0 aliphatic heterocycles. The van der Waals surface area contributed by atoms with Gasteiger partial charge in [-0.1, -0.05) is 121 Å². The van der Waals surface area contributed by atoms with Crippen molar-refractivity contribution in [1.29, 1.82) is 0 Å². The number of allylic oxidation sites excluding steroid dienone is 4. The molecule has 0 saturated carbocycles. The third kappa shape index (κ3) is 5.16. The molecule has 0 saturated heterocycles. The van der Waals surface area contributed by atoms with Gasteiger partial charge in [0.05, 0.1) is 11.4 Å². The predicted octanol–water partition coefficient (Wildman–Crippen LogP) is 11.6. The van der Waals surface area contributed by atoms with Crippen LogP contribution in [0.3, 0.4) is 0 Å². The van der Waals surface area contributed by atoms with Gasteiger partial charge in [-0.15, -0.1) is 0 Å². The van der Waals surface area contributed by atoms with Crippen LogP contribution in [0.5, 0.6) is 0 Å². The molecule has 0 radical (unpaired) electrons. The summed E-state index contributed by atoms with van der Waals surface area (Å²) in [7, 11) is 0. The van der Waals surface area contributed by atoms with Crippen molar-refractivity contribution in [3.05, 3.63) is 175 Å². The van der Waals surface area contributed by atoms with Crippen molar-refractivity contribution in [3.8, 4) is 33.8 Å².